The summed E-state index contributed by atoms with van der Waals surface area (Å²) in [5.41, 5.74) is 0. The van der Waals surface area contributed by atoms with Gasteiger partial charge in [0.25, 0.3) is 0 Å². The van der Waals surface area contributed by atoms with Crippen LogP contribution in [-0.4, -0.2) is 48.9 Å². The maximum absolute atomic E-state index is 11.2. The van der Waals surface area contributed by atoms with Gasteiger partial charge in [0.2, 0.25) is 0 Å². The summed E-state index contributed by atoms with van der Waals surface area (Å²) >= 11 is 5.18. The lowest BCUT2D eigenvalue weighted by molar-refractivity contribution is -0.0282. The van der Waals surface area contributed by atoms with Crippen LogP contribution in [0.5, 0.6) is 0 Å². The van der Waals surface area contributed by atoms with Crippen LogP contribution in [0.15, 0.2) is 5.16 Å². The van der Waals surface area contributed by atoms with E-state index in [0.717, 1.165) is 6.34 Å². The molecule has 0 aliphatic carbocycles. The van der Waals surface area contributed by atoms with Crippen molar-refractivity contribution in [3.05, 3.63) is 5.21 Å². The summed E-state index contributed by atoms with van der Waals surface area (Å²) in [7, 11) is 0. The van der Waals surface area contributed by atoms with Gasteiger partial charge in [-0.2, -0.15) is 0 Å². The molecule has 0 atom stereocenters. The van der Waals surface area contributed by atoms with Crippen LogP contribution >= 0.6 is 11.6 Å². The van der Waals surface area contributed by atoms with Crippen LogP contribution in [0.25, 0.3) is 0 Å². The third-order valence-corrected chi connectivity index (χ3v) is 1.63. The van der Waals surface area contributed by atoms with E-state index >= 15 is 0 Å². The molecule has 0 radical (unpaired) electrons. The Morgan fingerprint density at radius 2 is 2.31 bits per heavy atom. The molecular formula is C6H11ClN3O3-. The van der Waals surface area contributed by atoms with Crippen molar-refractivity contribution in [2.24, 2.45) is 5.16 Å². The molecule has 0 aromatic heterocycles. The zero-order valence-corrected chi connectivity index (χ0v) is 7.81. The molecule has 1 heterocycles. The monoisotopic (exact) mass is 208 g/mol. The first-order chi connectivity index (χ1) is 6.34. The van der Waals surface area contributed by atoms with E-state index in [1.54, 1.807) is 5.01 Å². The minimum absolute atomic E-state index is 0.0621. The van der Waals surface area contributed by atoms with Crippen LogP contribution in [0.1, 0.15) is 0 Å². The first-order valence-electron chi connectivity index (χ1n) is 3.85. The van der Waals surface area contributed by atoms with Gasteiger partial charge in [-0.15, -0.1) is 0 Å². The Morgan fingerprint density at radius 3 is 2.92 bits per heavy atom. The number of hydrogen-bond acceptors (Lipinski definition) is 5. The second-order valence-electron chi connectivity index (χ2n) is 2.33. The molecule has 13 heavy (non-hydrogen) atoms. The van der Waals surface area contributed by atoms with Gasteiger partial charge in [-0.3, -0.25) is 0 Å². The Bertz CT molecular complexity index is 163. The van der Waals surface area contributed by atoms with Crippen molar-refractivity contribution in [2.45, 2.75) is 0 Å². The van der Waals surface area contributed by atoms with E-state index in [4.69, 9.17) is 16.3 Å². The highest BCUT2D eigenvalue weighted by Gasteiger charge is 2.09. The van der Waals surface area contributed by atoms with Crippen LogP contribution in [0.2, 0.25) is 0 Å². The minimum Gasteiger partial charge on any atom is -0.742 e. The maximum atomic E-state index is 11.2. The second-order valence-corrected chi connectivity index (χ2v) is 2.55. The topological polar surface area (TPSA) is 60.4 Å². The van der Waals surface area contributed by atoms with Crippen molar-refractivity contribution >= 4 is 17.9 Å². The summed E-state index contributed by atoms with van der Waals surface area (Å²) in [4.78, 5) is 4.43. The van der Waals surface area contributed by atoms with E-state index in [2.05, 4.69) is 9.99 Å². The number of ether oxygens (including phenoxy) is 1. The first kappa shape index (κ1) is 10.5. The zero-order chi connectivity index (χ0) is 9.52. The predicted octanol–water partition coefficient (Wildman–Crippen LogP) is 0.190. The zero-order valence-electron chi connectivity index (χ0n) is 7.06. The normalized spacial score (nSPS) is 19.2. The van der Waals surface area contributed by atoms with Gasteiger partial charge in [-0.05, 0) is 0 Å². The van der Waals surface area contributed by atoms with Gasteiger partial charge in [0.15, 0.2) is 6.07 Å². The van der Waals surface area contributed by atoms with E-state index in [0.29, 0.717) is 31.5 Å². The Hall–Kier alpha value is -0.560. The Balaban J connectivity index is 2.24. The Kier molecular flexibility index (Phi) is 4.84. The lowest BCUT2D eigenvalue weighted by atomic mass is 10.5. The molecule has 1 aliphatic heterocycles. The van der Waals surface area contributed by atoms with Crippen molar-refractivity contribution in [2.75, 3.05) is 32.4 Å². The Labute approximate surface area is 81.2 Å². The van der Waals surface area contributed by atoms with Crippen molar-refractivity contribution < 1.29 is 9.57 Å². The number of oxime groups is 1. The number of rotatable bonds is 4. The number of hydrogen-bond donors (Lipinski definition) is 0. The summed E-state index contributed by atoms with van der Waals surface area (Å²) in [6.45, 7) is 2.25. The van der Waals surface area contributed by atoms with Crippen molar-refractivity contribution in [3.63, 3.8) is 0 Å². The highest BCUT2D eigenvalue weighted by Crippen LogP contribution is 1.99. The summed E-state index contributed by atoms with van der Waals surface area (Å²) < 4.78 is 5.07. The van der Waals surface area contributed by atoms with Crippen LogP contribution in [0, 0.1) is 5.21 Å². The van der Waals surface area contributed by atoms with Crippen LogP contribution in [-0.2, 0) is 9.57 Å². The molecule has 1 aliphatic rings. The fraction of sp³-hybridized carbons (Fsp3) is 0.833. The van der Waals surface area contributed by atoms with Gasteiger partial charge >= 0.3 is 0 Å². The molecule has 1 rings (SSSR count). The molecule has 6 nitrogen and oxygen atoms in total. The van der Waals surface area contributed by atoms with Gasteiger partial charge in [0, 0.05) is 13.1 Å². The SMILES string of the molecule is [O-]N(/C=N/OCCl)N1CCOCC1. The van der Waals surface area contributed by atoms with E-state index in [9.17, 15) is 5.21 Å². The molecule has 0 aromatic rings. The van der Waals surface area contributed by atoms with E-state index in [1.807, 2.05) is 0 Å². The predicted molar refractivity (Wildman–Crippen MR) is 47.9 cm³/mol. The van der Waals surface area contributed by atoms with Crippen LogP contribution < -0.4 is 0 Å². The largest absolute Gasteiger partial charge is 0.742 e. The first-order valence-corrected chi connectivity index (χ1v) is 4.38. The fourth-order valence-electron chi connectivity index (χ4n) is 0.926. The average molecular weight is 209 g/mol. The lowest BCUT2D eigenvalue weighted by Crippen LogP contribution is -2.45. The Morgan fingerprint density at radius 1 is 1.62 bits per heavy atom. The third kappa shape index (κ3) is 3.77. The molecule has 0 amide bonds. The molecule has 7 heteroatoms. The number of nitrogens with zero attached hydrogens (tertiary/aromatic N) is 3. The molecule has 0 N–H and O–H groups in total. The van der Waals surface area contributed by atoms with Crippen LogP contribution in [0.4, 0.5) is 0 Å². The molecule has 0 aromatic carbocycles. The summed E-state index contributed by atoms with van der Waals surface area (Å²) in [6, 6.07) is -0.0621. The maximum Gasteiger partial charge on any atom is 0.190 e. The molecule has 0 bridgehead atoms. The minimum atomic E-state index is -0.0621. The number of hydrazine groups is 1. The highest BCUT2D eigenvalue weighted by molar-refractivity contribution is 6.17. The smallest absolute Gasteiger partial charge is 0.190 e. The number of hydroxylamine groups is 1. The molecule has 0 spiro atoms. The highest BCUT2D eigenvalue weighted by atomic mass is 35.5. The van der Waals surface area contributed by atoms with Crippen molar-refractivity contribution in [1.82, 2.24) is 10.2 Å². The summed E-state index contributed by atoms with van der Waals surface area (Å²) in [5, 5.41) is 16.7. The number of morpholine rings is 1. The van der Waals surface area contributed by atoms with E-state index in [-0.39, 0.29) is 6.07 Å². The van der Waals surface area contributed by atoms with Gasteiger partial charge in [0.05, 0.1) is 13.2 Å². The van der Waals surface area contributed by atoms with Crippen LogP contribution in [0.3, 0.4) is 0 Å². The van der Waals surface area contributed by atoms with Gasteiger partial charge < -0.3 is 20.0 Å². The molecule has 1 fully saturated rings. The quantitative estimate of drug-likeness (QED) is 0.286. The van der Waals surface area contributed by atoms with Crippen molar-refractivity contribution in [1.29, 1.82) is 0 Å². The average Bonchev–Trinajstić information content (AvgIpc) is 2.19. The fourth-order valence-corrected chi connectivity index (χ4v) is 0.982. The van der Waals surface area contributed by atoms with Gasteiger partial charge in [-0.1, -0.05) is 16.8 Å². The van der Waals surface area contributed by atoms with Crippen molar-refractivity contribution in [3.8, 4) is 0 Å². The molecule has 1 saturated heterocycles. The molecule has 0 saturated carbocycles. The summed E-state index contributed by atoms with van der Waals surface area (Å²) in [5.74, 6) is 0. The molecule has 76 valence electrons. The van der Waals surface area contributed by atoms with E-state index in [1.165, 1.54) is 0 Å². The summed E-state index contributed by atoms with van der Waals surface area (Å²) in [6.07, 6.45) is 1.04. The number of alkyl halides is 1. The van der Waals surface area contributed by atoms with Gasteiger partial charge in [0.1, 0.15) is 6.34 Å². The van der Waals surface area contributed by atoms with E-state index < -0.39 is 0 Å². The van der Waals surface area contributed by atoms with Gasteiger partial charge in [-0.25, -0.2) is 5.01 Å². The molecule has 0 unspecified atom stereocenters. The molecular weight excluding hydrogens is 198 g/mol. The lowest BCUT2D eigenvalue weighted by Gasteiger charge is -2.39. The number of halogens is 1. The second kappa shape index (κ2) is 5.98. The standard InChI is InChI=1S/C6H11ClN3O3/c7-5-13-8-6-10(11)9-1-3-12-4-2-9/h6H,1-5H2/q-1/b8-6+. The third-order valence-electron chi connectivity index (χ3n) is 1.54.